The molecule has 0 aliphatic rings. The molecular weight excluding hydrogens is 569 g/mol. The Labute approximate surface area is 194 Å². The summed E-state index contributed by atoms with van der Waals surface area (Å²) in [5.41, 5.74) is 9.75. The van der Waals surface area contributed by atoms with Crippen molar-refractivity contribution < 1.29 is 27.2 Å². The van der Waals surface area contributed by atoms with Crippen molar-refractivity contribution in [1.29, 1.82) is 0 Å². The molecule has 0 atom stereocenters. The van der Waals surface area contributed by atoms with Crippen molar-refractivity contribution in [1.82, 2.24) is 9.97 Å². The first kappa shape index (κ1) is 26.5. The van der Waals surface area contributed by atoms with E-state index in [9.17, 15) is 5.11 Å². The Balaban J connectivity index is 0.00000156. The number of phenolic OH excluding ortho intramolecular Hbond substituents is 1. The van der Waals surface area contributed by atoms with Crippen LogP contribution in [-0.4, -0.2) is 34.7 Å². The van der Waals surface area contributed by atoms with Crippen molar-refractivity contribution in [2.24, 2.45) is 5.73 Å². The third-order valence-corrected chi connectivity index (χ3v) is 4.33. The van der Waals surface area contributed by atoms with Gasteiger partial charge in [-0.05, 0) is 36.7 Å². The van der Waals surface area contributed by atoms with Crippen molar-refractivity contribution in [3.8, 4) is 17.0 Å². The summed E-state index contributed by atoms with van der Waals surface area (Å²) in [4.78, 5) is 8.94. The van der Waals surface area contributed by atoms with Crippen molar-refractivity contribution in [2.45, 2.75) is 19.4 Å². The topological polar surface area (TPSA) is 115 Å². The predicted octanol–water partition coefficient (Wildman–Crippen LogP) is 4.06. The molecule has 0 saturated carbocycles. The van der Waals surface area contributed by atoms with Gasteiger partial charge in [-0.3, -0.25) is 0 Å². The summed E-state index contributed by atoms with van der Waals surface area (Å²) in [6.07, 6.45) is 3.52. The summed E-state index contributed by atoms with van der Waals surface area (Å²) in [6.45, 7) is 2.88. The molecular formula is C23H29N5O2Os-2. The first-order valence-corrected chi connectivity index (χ1v) is 10.7. The molecule has 0 amide bonds. The van der Waals surface area contributed by atoms with Crippen LogP contribution in [0.5, 0.6) is 5.75 Å². The second-order valence-electron chi connectivity index (χ2n) is 6.56. The summed E-state index contributed by atoms with van der Waals surface area (Å²) < 4.78 is 8.28. The fraction of sp³-hybridized carbons (Fsp3) is 0.261. The zero-order valence-electron chi connectivity index (χ0n) is 17.6. The van der Waals surface area contributed by atoms with Crippen molar-refractivity contribution >= 4 is 5.95 Å². The van der Waals surface area contributed by atoms with Gasteiger partial charge >= 0.3 is 22.1 Å². The van der Waals surface area contributed by atoms with Gasteiger partial charge in [-0.25, -0.2) is 9.97 Å². The van der Waals surface area contributed by atoms with Gasteiger partial charge in [0.15, 0.2) is 0 Å². The molecule has 168 valence electrons. The first-order chi connectivity index (χ1) is 14.7. The van der Waals surface area contributed by atoms with Crippen LogP contribution in [0.4, 0.5) is 5.95 Å². The van der Waals surface area contributed by atoms with E-state index in [0.29, 0.717) is 44.1 Å². The molecule has 1 aromatic heterocycles. The average Bonchev–Trinajstić information content (AvgIpc) is 2.80. The average molecular weight is 598 g/mol. The van der Waals surface area contributed by atoms with E-state index in [1.807, 2.05) is 30.3 Å². The third kappa shape index (κ3) is 9.43. The fourth-order valence-corrected chi connectivity index (χ4v) is 2.83. The van der Waals surface area contributed by atoms with Crippen molar-refractivity contribution in [3.63, 3.8) is 0 Å². The molecule has 2 aromatic carbocycles. The number of nitrogens with two attached hydrogens (primary N) is 1. The molecule has 8 heteroatoms. The minimum atomic E-state index is 0. The van der Waals surface area contributed by atoms with Crippen LogP contribution >= 0.6 is 0 Å². The Morgan fingerprint density at radius 1 is 1.06 bits per heavy atom. The molecule has 0 aliphatic heterocycles. The van der Waals surface area contributed by atoms with Crippen LogP contribution < -0.4 is 11.1 Å². The maximum atomic E-state index is 9.34. The first-order valence-electron chi connectivity index (χ1n) is 9.66. The second kappa shape index (κ2) is 15.3. The van der Waals surface area contributed by atoms with E-state index in [4.69, 9.17) is 9.27 Å². The Morgan fingerprint density at radius 3 is 2.58 bits per heavy atom. The maximum absolute atomic E-state index is 9.34. The second-order valence-corrected chi connectivity index (χ2v) is 6.56. The summed E-state index contributed by atoms with van der Waals surface area (Å²) in [5.74, 6) is 0.886. The van der Waals surface area contributed by atoms with Gasteiger partial charge < -0.3 is 28.9 Å². The van der Waals surface area contributed by atoms with Gasteiger partial charge in [-0.2, -0.15) is 0 Å². The molecule has 1 heterocycles. The van der Waals surface area contributed by atoms with E-state index >= 15 is 0 Å². The molecule has 3 rings (SSSR count). The van der Waals surface area contributed by atoms with Gasteiger partial charge in [0.25, 0.3) is 0 Å². The zero-order chi connectivity index (χ0) is 21.6. The molecule has 0 unspecified atom stereocenters. The van der Waals surface area contributed by atoms with Crippen LogP contribution in [0.3, 0.4) is 0 Å². The molecule has 7 nitrogen and oxygen atoms in total. The quantitative estimate of drug-likeness (QED) is 0.240. The van der Waals surface area contributed by atoms with Crippen LogP contribution in [0.15, 0.2) is 60.8 Å². The van der Waals surface area contributed by atoms with E-state index in [2.05, 4.69) is 32.7 Å². The van der Waals surface area contributed by atoms with Crippen LogP contribution in [0.25, 0.3) is 16.6 Å². The van der Waals surface area contributed by atoms with Crippen LogP contribution in [0, 0.1) is 7.43 Å². The summed E-state index contributed by atoms with van der Waals surface area (Å²) >= 11 is 0.611. The minimum absolute atomic E-state index is 0. The van der Waals surface area contributed by atoms with E-state index in [1.165, 1.54) is 0 Å². The number of aromatic nitrogens is 2. The number of anilines is 1. The predicted molar refractivity (Wildman–Crippen MR) is 120 cm³/mol. The Morgan fingerprint density at radius 2 is 1.84 bits per heavy atom. The Bertz CT molecular complexity index is 893. The Hall–Kier alpha value is -2.52. The number of nitrogens with zero attached hydrogens (tertiary/aromatic N) is 3. The molecule has 0 saturated heterocycles. The van der Waals surface area contributed by atoms with Crippen molar-refractivity contribution in [2.75, 3.05) is 25.0 Å². The number of hydrogen-bond acceptors (Lipinski definition) is 6. The molecule has 0 spiro atoms. The molecule has 0 bridgehead atoms. The number of nitrogens with one attached hydrogen (secondary N) is 1. The van der Waals surface area contributed by atoms with Crippen molar-refractivity contribution in [3.05, 3.63) is 84.7 Å². The fourth-order valence-electron chi connectivity index (χ4n) is 2.83. The molecule has 4 N–H and O–H groups in total. The van der Waals surface area contributed by atoms with E-state index < -0.39 is 0 Å². The van der Waals surface area contributed by atoms with Gasteiger partial charge in [0, 0.05) is 18.3 Å². The van der Waals surface area contributed by atoms with Crippen LogP contribution in [0.2, 0.25) is 0 Å². The number of rotatable bonds is 10. The molecule has 3 aromatic rings. The van der Waals surface area contributed by atoms with Gasteiger partial charge in [-0.15, -0.1) is 13.1 Å². The van der Waals surface area contributed by atoms with Gasteiger partial charge in [0.1, 0.15) is 5.75 Å². The van der Waals surface area contributed by atoms with Gasteiger partial charge in [0.05, 0.1) is 5.69 Å². The number of hydrogen-bond donors (Lipinski definition) is 3. The van der Waals surface area contributed by atoms with Gasteiger partial charge in [-0.1, -0.05) is 48.4 Å². The van der Waals surface area contributed by atoms with E-state index in [0.717, 1.165) is 41.8 Å². The van der Waals surface area contributed by atoms with E-state index in [-0.39, 0.29) is 13.2 Å². The Kier molecular flexibility index (Phi) is 13.1. The normalized spacial score (nSPS) is 9.87. The SMILES string of the molecule is NCCC[N-]Cc1cccc(-c2ccnc(NCCc3ccc(O)cc3)n2)c1.[CH3-].[O]=[Os]. The third-order valence-electron chi connectivity index (χ3n) is 4.33. The number of aromatic hydroxyl groups is 1. The van der Waals surface area contributed by atoms with E-state index in [1.54, 1.807) is 18.3 Å². The monoisotopic (exact) mass is 599 g/mol. The number of benzene rings is 2. The molecule has 31 heavy (non-hydrogen) atoms. The standard InChI is InChI=1S/C22H26N5O.CH3.O.Os/c23-11-2-12-24-16-18-3-1-4-19(15-18)21-10-14-26-22(27-21)25-13-9-17-5-7-20(28)8-6-17;;;/h1,3-8,10,14-15,28H,2,9,11-13,16,23H2,(H,25,26,27);1H3;;/q2*-1;;. The molecule has 0 radical (unpaired) electrons. The molecule has 0 fully saturated rings. The van der Waals surface area contributed by atoms with Crippen LogP contribution in [-0.2, 0) is 35.1 Å². The number of phenols is 1. The van der Waals surface area contributed by atoms with Gasteiger partial charge in [0.2, 0.25) is 5.95 Å². The summed E-state index contributed by atoms with van der Waals surface area (Å²) in [5, 5.41) is 17.1. The molecule has 0 aliphatic carbocycles. The summed E-state index contributed by atoms with van der Waals surface area (Å²) in [6, 6.07) is 17.4. The zero-order valence-corrected chi connectivity index (χ0v) is 20.2. The van der Waals surface area contributed by atoms with Crippen LogP contribution in [0.1, 0.15) is 17.5 Å². The summed E-state index contributed by atoms with van der Waals surface area (Å²) in [7, 11) is 0.